The summed E-state index contributed by atoms with van der Waals surface area (Å²) in [5, 5.41) is 0. The molecule has 2 aromatic rings. The molecule has 0 saturated carbocycles. The molecule has 22 heavy (non-hydrogen) atoms. The Kier molecular flexibility index (Phi) is 5.61. The van der Waals surface area contributed by atoms with E-state index in [1.165, 1.54) is 4.31 Å². The van der Waals surface area contributed by atoms with Crippen LogP contribution in [0.4, 0.5) is 0 Å². The van der Waals surface area contributed by atoms with Crippen LogP contribution in [0.15, 0.2) is 57.9 Å². The zero-order valence-corrected chi connectivity index (χ0v) is 14.9. The molecule has 2 rings (SSSR count). The summed E-state index contributed by atoms with van der Waals surface area (Å²) in [5.74, 6) is 0.782. The van der Waals surface area contributed by atoms with E-state index in [2.05, 4.69) is 15.9 Å². The number of benzene rings is 2. The first-order valence-corrected chi connectivity index (χ1v) is 9.10. The molecule has 2 aromatic carbocycles. The fourth-order valence-corrected chi connectivity index (χ4v) is 3.41. The van der Waals surface area contributed by atoms with Crippen molar-refractivity contribution in [3.63, 3.8) is 0 Å². The number of nitrogens with zero attached hydrogens (tertiary/aromatic N) is 1. The van der Waals surface area contributed by atoms with Gasteiger partial charge in [0.2, 0.25) is 10.0 Å². The fourth-order valence-electron chi connectivity index (χ4n) is 1.99. The highest BCUT2D eigenvalue weighted by atomic mass is 79.9. The Morgan fingerprint density at radius 1 is 1.05 bits per heavy atom. The zero-order chi connectivity index (χ0) is 16.2. The number of hydrogen-bond acceptors (Lipinski definition) is 3. The Balaban J connectivity index is 2.13. The van der Waals surface area contributed by atoms with Gasteiger partial charge in [-0.15, -0.1) is 0 Å². The van der Waals surface area contributed by atoms with Gasteiger partial charge in [-0.05, 0) is 48.9 Å². The van der Waals surface area contributed by atoms with Gasteiger partial charge in [0.25, 0.3) is 0 Å². The predicted molar refractivity (Wildman–Crippen MR) is 90.4 cm³/mol. The minimum absolute atomic E-state index is 0.282. The molecule has 118 valence electrons. The summed E-state index contributed by atoms with van der Waals surface area (Å²) < 4.78 is 32.6. The van der Waals surface area contributed by atoms with Gasteiger partial charge in [0.15, 0.2) is 0 Å². The summed E-state index contributed by atoms with van der Waals surface area (Å²) in [6, 6.07) is 14.1. The number of hydrogen-bond donors (Lipinski definition) is 0. The molecule has 0 amide bonds. The number of sulfonamides is 1. The van der Waals surface area contributed by atoms with E-state index in [1.54, 1.807) is 31.3 Å². The van der Waals surface area contributed by atoms with Crippen LogP contribution in [0, 0.1) is 0 Å². The molecule has 0 fully saturated rings. The van der Waals surface area contributed by atoms with E-state index in [0.29, 0.717) is 13.2 Å². The lowest BCUT2D eigenvalue weighted by atomic mass is 10.2. The average molecular weight is 384 g/mol. The van der Waals surface area contributed by atoms with Crippen LogP contribution in [-0.4, -0.2) is 26.4 Å². The van der Waals surface area contributed by atoms with E-state index in [-0.39, 0.29) is 4.90 Å². The Morgan fingerprint density at radius 2 is 1.64 bits per heavy atom. The van der Waals surface area contributed by atoms with Crippen molar-refractivity contribution in [1.82, 2.24) is 4.31 Å². The molecule has 0 aromatic heterocycles. The predicted octanol–water partition coefficient (Wildman–Crippen LogP) is 3.67. The first-order valence-electron chi connectivity index (χ1n) is 6.87. The monoisotopic (exact) mass is 383 g/mol. The van der Waals surface area contributed by atoms with E-state index < -0.39 is 10.0 Å². The Labute approximate surface area is 139 Å². The van der Waals surface area contributed by atoms with E-state index in [0.717, 1.165) is 15.8 Å². The van der Waals surface area contributed by atoms with Crippen molar-refractivity contribution >= 4 is 26.0 Å². The third-order valence-corrected chi connectivity index (χ3v) is 5.51. The van der Waals surface area contributed by atoms with E-state index in [1.807, 2.05) is 31.2 Å². The number of rotatable bonds is 6. The van der Waals surface area contributed by atoms with Crippen molar-refractivity contribution in [2.45, 2.75) is 18.4 Å². The summed E-state index contributed by atoms with van der Waals surface area (Å²) in [6.07, 6.45) is 0. The first-order chi connectivity index (χ1) is 10.4. The summed E-state index contributed by atoms with van der Waals surface area (Å²) in [6.45, 7) is 2.84. The SMILES string of the molecule is CCOc1ccc(CN(C)S(=O)(=O)c2ccc(Br)cc2)cc1. The molecular formula is C16H18BrNO3S. The van der Waals surface area contributed by atoms with Gasteiger partial charge >= 0.3 is 0 Å². The smallest absolute Gasteiger partial charge is 0.243 e. The van der Waals surface area contributed by atoms with Gasteiger partial charge in [0.1, 0.15) is 5.75 Å². The van der Waals surface area contributed by atoms with Gasteiger partial charge in [-0.2, -0.15) is 4.31 Å². The van der Waals surface area contributed by atoms with E-state index >= 15 is 0 Å². The second-order valence-electron chi connectivity index (χ2n) is 4.79. The molecule has 0 unspecified atom stereocenters. The molecule has 0 bridgehead atoms. The normalized spacial score (nSPS) is 11.6. The summed E-state index contributed by atoms with van der Waals surface area (Å²) >= 11 is 3.30. The Bertz CT molecular complexity index is 712. The molecule has 6 heteroatoms. The molecule has 0 saturated heterocycles. The van der Waals surface area contributed by atoms with Crippen molar-refractivity contribution in [2.75, 3.05) is 13.7 Å². The molecule has 0 radical (unpaired) electrons. The van der Waals surface area contributed by atoms with Gasteiger partial charge in [-0.25, -0.2) is 8.42 Å². The molecule has 0 aliphatic rings. The molecule has 0 heterocycles. The minimum atomic E-state index is -3.49. The summed E-state index contributed by atoms with van der Waals surface area (Å²) in [7, 11) is -1.92. The Hall–Kier alpha value is -1.37. The maximum atomic E-state index is 12.5. The van der Waals surface area contributed by atoms with Crippen LogP contribution in [0.5, 0.6) is 5.75 Å². The third kappa shape index (κ3) is 4.09. The second kappa shape index (κ2) is 7.26. The highest BCUT2D eigenvalue weighted by molar-refractivity contribution is 9.10. The summed E-state index contributed by atoms with van der Waals surface area (Å²) in [4.78, 5) is 0.282. The van der Waals surface area contributed by atoms with Crippen LogP contribution in [0.25, 0.3) is 0 Å². The van der Waals surface area contributed by atoms with Crippen molar-refractivity contribution < 1.29 is 13.2 Å². The highest BCUT2D eigenvalue weighted by Gasteiger charge is 2.20. The molecule has 0 aliphatic carbocycles. The molecule has 0 N–H and O–H groups in total. The lowest BCUT2D eigenvalue weighted by Gasteiger charge is -2.17. The van der Waals surface area contributed by atoms with Crippen molar-refractivity contribution in [1.29, 1.82) is 0 Å². The standard InChI is InChI=1S/C16H18BrNO3S/c1-3-21-15-8-4-13(5-9-15)12-18(2)22(19,20)16-10-6-14(17)7-11-16/h4-11H,3,12H2,1-2H3. The molecular weight excluding hydrogens is 366 g/mol. The third-order valence-electron chi connectivity index (χ3n) is 3.16. The molecule has 0 spiro atoms. The maximum Gasteiger partial charge on any atom is 0.243 e. The second-order valence-corrected chi connectivity index (χ2v) is 7.75. The highest BCUT2D eigenvalue weighted by Crippen LogP contribution is 2.20. The first kappa shape index (κ1) is 17.0. The topological polar surface area (TPSA) is 46.6 Å². The van der Waals surface area contributed by atoms with Crippen molar-refractivity contribution in [3.8, 4) is 5.75 Å². The van der Waals surface area contributed by atoms with E-state index in [4.69, 9.17) is 4.74 Å². The van der Waals surface area contributed by atoms with Gasteiger partial charge in [-0.3, -0.25) is 0 Å². The maximum absolute atomic E-state index is 12.5. The van der Waals surface area contributed by atoms with E-state index in [9.17, 15) is 8.42 Å². The van der Waals surface area contributed by atoms with Crippen LogP contribution in [0.1, 0.15) is 12.5 Å². The van der Waals surface area contributed by atoms with Crippen LogP contribution in [-0.2, 0) is 16.6 Å². The molecule has 4 nitrogen and oxygen atoms in total. The van der Waals surface area contributed by atoms with Crippen molar-refractivity contribution in [3.05, 3.63) is 58.6 Å². The minimum Gasteiger partial charge on any atom is -0.494 e. The van der Waals surface area contributed by atoms with Crippen molar-refractivity contribution in [2.24, 2.45) is 0 Å². The zero-order valence-electron chi connectivity index (χ0n) is 12.5. The van der Waals surface area contributed by atoms with Crippen LogP contribution in [0.2, 0.25) is 0 Å². The van der Waals surface area contributed by atoms with Gasteiger partial charge in [-0.1, -0.05) is 28.1 Å². The molecule has 0 atom stereocenters. The van der Waals surface area contributed by atoms with Crippen LogP contribution < -0.4 is 4.74 Å². The average Bonchev–Trinajstić information content (AvgIpc) is 2.50. The largest absolute Gasteiger partial charge is 0.494 e. The van der Waals surface area contributed by atoms with Crippen LogP contribution in [0.3, 0.4) is 0 Å². The summed E-state index contributed by atoms with van der Waals surface area (Å²) in [5.41, 5.74) is 0.909. The van der Waals surface area contributed by atoms with Gasteiger partial charge in [0.05, 0.1) is 11.5 Å². The fraction of sp³-hybridized carbons (Fsp3) is 0.250. The lowest BCUT2D eigenvalue weighted by Crippen LogP contribution is -2.26. The van der Waals surface area contributed by atoms with Gasteiger partial charge < -0.3 is 4.74 Å². The quantitative estimate of drug-likeness (QED) is 0.764. The molecule has 0 aliphatic heterocycles. The lowest BCUT2D eigenvalue weighted by molar-refractivity contribution is 0.340. The Morgan fingerprint density at radius 3 is 2.18 bits per heavy atom. The van der Waals surface area contributed by atoms with Gasteiger partial charge in [0, 0.05) is 18.1 Å². The van der Waals surface area contributed by atoms with Crippen LogP contribution >= 0.6 is 15.9 Å². The number of halogens is 1. The number of ether oxygens (including phenoxy) is 1.